The van der Waals surface area contributed by atoms with Gasteiger partial charge in [0.05, 0.1) is 6.26 Å². The number of aryl methyl sites for hydroxylation is 1. The zero-order valence-electron chi connectivity index (χ0n) is 7.24. The SMILES string of the molecule is Cc1ccc(OS(C)(=O)=O)c(F)c1. The standard InChI is InChI=1S/C8H9FO3S/c1-6-3-4-8(7(9)5-6)12-13(2,10)11/h3-5H,1-2H3. The van der Waals surface area contributed by atoms with Crippen LogP contribution in [0.3, 0.4) is 0 Å². The normalized spacial score (nSPS) is 11.3. The minimum atomic E-state index is -3.65. The zero-order chi connectivity index (χ0) is 10.1. The lowest BCUT2D eigenvalue weighted by atomic mass is 10.2. The van der Waals surface area contributed by atoms with Crippen molar-refractivity contribution >= 4 is 10.1 Å². The molecule has 0 saturated heterocycles. The number of benzene rings is 1. The fraction of sp³-hybridized carbons (Fsp3) is 0.250. The smallest absolute Gasteiger partial charge is 0.306 e. The highest BCUT2D eigenvalue weighted by Gasteiger charge is 2.09. The molecule has 0 N–H and O–H groups in total. The van der Waals surface area contributed by atoms with E-state index >= 15 is 0 Å². The van der Waals surface area contributed by atoms with Crippen LogP contribution in [-0.4, -0.2) is 14.7 Å². The lowest BCUT2D eigenvalue weighted by Crippen LogP contribution is -2.06. The van der Waals surface area contributed by atoms with Crippen LogP contribution in [0.4, 0.5) is 4.39 Å². The number of hydrogen-bond donors (Lipinski definition) is 0. The third-order valence-corrected chi connectivity index (χ3v) is 1.81. The Hall–Kier alpha value is -1.10. The molecule has 0 saturated carbocycles. The molecule has 1 aromatic rings. The van der Waals surface area contributed by atoms with Gasteiger partial charge in [-0.2, -0.15) is 8.42 Å². The Morgan fingerprint density at radius 2 is 2.00 bits per heavy atom. The lowest BCUT2D eigenvalue weighted by Gasteiger charge is -2.03. The van der Waals surface area contributed by atoms with Gasteiger partial charge < -0.3 is 4.18 Å². The Labute approximate surface area is 76.3 Å². The third-order valence-electron chi connectivity index (χ3n) is 1.33. The summed E-state index contributed by atoms with van der Waals surface area (Å²) >= 11 is 0. The highest BCUT2D eigenvalue weighted by atomic mass is 32.2. The molecule has 3 nitrogen and oxygen atoms in total. The average Bonchev–Trinajstić information content (AvgIpc) is 1.93. The van der Waals surface area contributed by atoms with Gasteiger partial charge in [0, 0.05) is 0 Å². The molecular weight excluding hydrogens is 195 g/mol. The largest absolute Gasteiger partial charge is 0.379 e. The molecule has 0 atom stereocenters. The first-order valence-corrected chi connectivity index (χ1v) is 5.36. The van der Waals surface area contributed by atoms with Crippen molar-refractivity contribution < 1.29 is 17.0 Å². The first-order chi connectivity index (χ1) is 5.88. The van der Waals surface area contributed by atoms with E-state index in [0.717, 1.165) is 6.26 Å². The molecule has 0 spiro atoms. The summed E-state index contributed by atoms with van der Waals surface area (Å²) in [6.45, 7) is 1.70. The molecule has 0 amide bonds. The third kappa shape index (κ3) is 3.02. The Balaban J connectivity index is 3.04. The summed E-state index contributed by atoms with van der Waals surface area (Å²) in [5.41, 5.74) is 0.707. The summed E-state index contributed by atoms with van der Waals surface area (Å²) in [5.74, 6) is -0.946. The van der Waals surface area contributed by atoms with E-state index in [4.69, 9.17) is 0 Å². The summed E-state index contributed by atoms with van der Waals surface area (Å²) < 4.78 is 38.7. The number of hydrogen-bond acceptors (Lipinski definition) is 3. The van der Waals surface area contributed by atoms with Crippen LogP contribution in [0.2, 0.25) is 0 Å². The van der Waals surface area contributed by atoms with Crippen molar-refractivity contribution in [2.75, 3.05) is 6.26 Å². The van der Waals surface area contributed by atoms with Crippen LogP contribution in [0.1, 0.15) is 5.56 Å². The molecule has 0 aliphatic carbocycles. The predicted molar refractivity (Wildman–Crippen MR) is 46.6 cm³/mol. The van der Waals surface area contributed by atoms with Gasteiger partial charge in [-0.1, -0.05) is 6.07 Å². The highest BCUT2D eigenvalue weighted by Crippen LogP contribution is 2.18. The van der Waals surface area contributed by atoms with Gasteiger partial charge in [-0.15, -0.1) is 0 Å². The van der Waals surface area contributed by atoms with E-state index in [-0.39, 0.29) is 5.75 Å². The predicted octanol–water partition coefficient (Wildman–Crippen LogP) is 1.47. The summed E-state index contributed by atoms with van der Waals surface area (Å²) in [7, 11) is -3.65. The van der Waals surface area contributed by atoms with Gasteiger partial charge in [0.1, 0.15) is 0 Å². The van der Waals surface area contributed by atoms with Gasteiger partial charge >= 0.3 is 10.1 Å². The molecule has 0 unspecified atom stereocenters. The molecule has 1 aromatic carbocycles. The Kier molecular flexibility index (Phi) is 2.56. The van der Waals surface area contributed by atoms with Crippen molar-refractivity contribution in [2.24, 2.45) is 0 Å². The van der Waals surface area contributed by atoms with E-state index in [1.165, 1.54) is 12.1 Å². The molecule has 5 heteroatoms. The minimum Gasteiger partial charge on any atom is -0.379 e. The molecule has 0 radical (unpaired) electrons. The second-order valence-corrected chi connectivity index (χ2v) is 4.30. The summed E-state index contributed by atoms with van der Waals surface area (Å²) in [6.07, 6.45) is 0.867. The van der Waals surface area contributed by atoms with Crippen molar-refractivity contribution in [3.05, 3.63) is 29.6 Å². The monoisotopic (exact) mass is 204 g/mol. The molecule has 0 aromatic heterocycles. The van der Waals surface area contributed by atoms with Gasteiger partial charge in [-0.05, 0) is 24.6 Å². The molecule has 1 rings (SSSR count). The maximum atomic E-state index is 13.0. The topological polar surface area (TPSA) is 43.4 Å². The van der Waals surface area contributed by atoms with E-state index in [1.807, 2.05) is 0 Å². The summed E-state index contributed by atoms with van der Waals surface area (Å²) in [6, 6.07) is 4.07. The second-order valence-electron chi connectivity index (χ2n) is 2.72. The molecule has 0 fully saturated rings. The van der Waals surface area contributed by atoms with Crippen LogP contribution in [0, 0.1) is 12.7 Å². The fourth-order valence-electron chi connectivity index (χ4n) is 0.837. The lowest BCUT2D eigenvalue weighted by molar-refractivity contribution is 0.466. The molecule has 13 heavy (non-hydrogen) atoms. The van der Waals surface area contributed by atoms with Crippen molar-refractivity contribution in [1.82, 2.24) is 0 Å². The first kappa shape index (κ1) is 9.98. The molecule has 0 bridgehead atoms. The molecule has 0 aliphatic rings. The summed E-state index contributed by atoms with van der Waals surface area (Å²) in [4.78, 5) is 0. The number of halogens is 1. The van der Waals surface area contributed by atoms with Crippen LogP contribution in [0.5, 0.6) is 5.75 Å². The van der Waals surface area contributed by atoms with Crippen LogP contribution >= 0.6 is 0 Å². The van der Waals surface area contributed by atoms with E-state index in [9.17, 15) is 12.8 Å². The van der Waals surface area contributed by atoms with Gasteiger partial charge in [0.25, 0.3) is 0 Å². The quantitative estimate of drug-likeness (QED) is 0.685. The van der Waals surface area contributed by atoms with Gasteiger partial charge in [-0.25, -0.2) is 4.39 Å². The molecule has 0 heterocycles. The fourth-order valence-corrected chi connectivity index (χ4v) is 1.30. The Morgan fingerprint density at radius 3 is 2.46 bits per heavy atom. The highest BCUT2D eigenvalue weighted by molar-refractivity contribution is 7.86. The second kappa shape index (κ2) is 3.33. The van der Waals surface area contributed by atoms with Crippen LogP contribution in [-0.2, 0) is 10.1 Å². The van der Waals surface area contributed by atoms with E-state index < -0.39 is 15.9 Å². The molecule has 0 aliphatic heterocycles. The van der Waals surface area contributed by atoms with Gasteiger partial charge in [0.2, 0.25) is 0 Å². The Bertz CT molecular complexity index is 411. The minimum absolute atomic E-state index is 0.270. The van der Waals surface area contributed by atoms with Crippen LogP contribution in [0.25, 0.3) is 0 Å². The van der Waals surface area contributed by atoms with E-state index in [2.05, 4.69) is 4.18 Å². The Morgan fingerprint density at radius 1 is 1.38 bits per heavy atom. The maximum Gasteiger partial charge on any atom is 0.306 e. The number of rotatable bonds is 2. The van der Waals surface area contributed by atoms with E-state index in [1.54, 1.807) is 13.0 Å². The molecule has 72 valence electrons. The van der Waals surface area contributed by atoms with Gasteiger partial charge in [0.15, 0.2) is 11.6 Å². The zero-order valence-corrected chi connectivity index (χ0v) is 8.06. The molecular formula is C8H9FO3S. The average molecular weight is 204 g/mol. The summed E-state index contributed by atoms with van der Waals surface area (Å²) in [5, 5.41) is 0. The van der Waals surface area contributed by atoms with E-state index in [0.29, 0.717) is 5.56 Å². The maximum absolute atomic E-state index is 13.0. The van der Waals surface area contributed by atoms with Crippen molar-refractivity contribution in [3.63, 3.8) is 0 Å². The van der Waals surface area contributed by atoms with Crippen LogP contribution < -0.4 is 4.18 Å². The van der Waals surface area contributed by atoms with Crippen molar-refractivity contribution in [1.29, 1.82) is 0 Å². The van der Waals surface area contributed by atoms with Crippen molar-refractivity contribution in [2.45, 2.75) is 6.92 Å². The van der Waals surface area contributed by atoms with Gasteiger partial charge in [-0.3, -0.25) is 0 Å². The van der Waals surface area contributed by atoms with Crippen molar-refractivity contribution in [3.8, 4) is 5.75 Å². The first-order valence-electron chi connectivity index (χ1n) is 3.54. The van der Waals surface area contributed by atoms with Crippen LogP contribution in [0.15, 0.2) is 18.2 Å².